The van der Waals surface area contributed by atoms with E-state index in [4.69, 9.17) is 0 Å². The van der Waals surface area contributed by atoms with Crippen molar-refractivity contribution in [1.82, 2.24) is 9.29 Å². The van der Waals surface area contributed by atoms with Crippen LogP contribution in [0.1, 0.15) is 23.2 Å². The minimum absolute atomic E-state index is 0.0643. The molecule has 3 aromatic rings. The molecule has 4 rings (SSSR count). The van der Waals surface area contributed by atoms with Gasteiger partial charge in [0.05, 0.1) is 15.8 Å². The molecule has 1 fully saturated rings. The predicted molar refractivity (Wildman–Crippen MR) is 107 cm³/mol. The molecule has 0 aliphatic carbocycles. The van der Waals surface area contributed by atoms with E-state index in [1.54, 1.807) is 0 Å². The summed E-state index contributed by atoms with van der Waals surface area (Å²) in [5.74, 6) is -2.73. The zero-order valence-corrected chi connectivity index (χ0v) is 16.4. The molecule has 0 radical (unpaired) electrons. The lowest BCUT2D eigenvalue weighted by Gasteiger charge is -2.15. The Morgan fingerprint density at radius 3 is 2.40 bits per heavy atom. The van der Waals surface area contributed by atoms with Crippen molar-refractivity contribution in [3.63, 3.8) is 0 Å². The van der Waals surface area contributed by atoms with Crippen molar-refractivity contribution in [2.24, 2.45) is 0 Å². The molecule has 1 saturated heterocycles. The predicted octanol–water partition coefficient (Wildman–Crippen LogP) is 2.84. The van der Waals surface area contributed by atoms with Gasteiger partial charge in [0.2, 0.25) is 15.5 Å². The van der Waals surface area contributed by atoms with Gasteiger partial charge in [0.1, 0.15) is 17.2 Å². The largest absolute Gasteiger partial charge is 0.360 e. The molecule has 0 saturated carbocycles. The normalized spacial score (nSPS) is 14.9. The highest BCUT2D eigenvalue weighted by molar-refractivity contribution is 7.89. The van der Waals surface area contributed by atoms with Crippen molar-refractivity contribution in [3.8, 4) is 0 Å². The van der Waals surface area contributed by atoms with E-state index < -0.39 is 38.4 Å². The molecule has 2 N–H and O–H groups in total. The van der Waals surface area contributed by atoms with E-state index in [-0.39, 0.29) is 21.7 Å². The van der Waals surface area contributed by atoms with Crippen molar-refractivity contribution in [2.75, 3.05) is 18.4 Å². The Kier molecular flexibility index (Phi) is 5.12. The Hall–Kier alpha value is -3.11. The van der Waals surface area contributed by atoms with Gasteiger partial charge in [0.25, 0.3) is 5.91 Å². The summed E-state index contributed by atoms with van der Waals surface area (Å²) in [6.07, 6.45) is 2.72. The molecule has 0 bridgehead atoms. The van der Waals surface area contributed by atoms with E-state index in [9.17, 15) is 26.8 Å². The lowest BCUT2D eigenvalue weighted by molar-refractivity contribution is 0.102. The Balaban J connectivity index is 1.59. The number of hydrogen-bond donors (Lipinski definition) is 2. The standard InChI is InChI=1S/C20H17F2N3O4S/c21-12-9-16(22)18-17(10-12)23-11-15(19(18)26)20(27)24-13-3-5-14(6-4-13)30(28,29)25-7-1-2-8-25/h3-6,9-11H,1-2,7-8H2,(H,23,26)(H,24,27). The fraction of sp³-hybridized carbons (Fsp3) is 0.200. The summed E-state index contributed by atoms with van der Waals surface area (Å²) in [6, 6.07) is 7.09. The molecule has 0 spiro atoms. The highest BCUT2D eigenvalue weighted by atomic mass is 32.2. The molecule has 7 nitrogen and oxygen atoms in total. The smallest absolute Gasteiger partial charge is 0.261 e. The lowest BCUT2D eigenvalue weighted by atomic mass is 10.1. The number of amides is 1. The van der Waals surface area contributed by atoms with Crippen LogP contribution in [0.2, 0.25) is 0 Å². The van der Waals surface area contributed by atoms with E-state index in [0.29, 0.717) is 19.2 Å². The maximum Gasteiger partial charge on any atom is 0.261 e. The summed E-state index contributed by atoms with van der Waals surface area (Å²) < 4.78 is 53.8. The number of aromatic amines is 1. The van der Waals surface area contributed by atoms with Crippen LogP contribution >= 0.6 is 0 Å². The Bertz CT molecular complexity index is 1300. The third-order valence-corrected chi connectivity index (χ3v) is 6.87. The number of hydrogen-bond acceptors (Lipinski definition) is 4. The summed E-state index contributed by atoms with van der Waals surface area (Å²) in [7, 11) is -3.58. The van der Waals surface area contributed by atoms with Crippen molar-refractivity contribution < 1.29 is 22.0 Å². The molecule has 2 heterocycles. The number of pyridine rings is 1. The number of nitrogens with zero attached hydrogens (tertiary/aromatic N) is 1. The van der Waals surface area contributed by atoms with Crippen LogP contribution in [0.25, 0.3) is 10.9 Å². The SMILES string of the molecule is O=C(Nc1ccc(S(=O)(=O)N2CCCC2)cc1)c1c[nH]c2cc(F)cc(F)c2c1=O. The number of sulfonamides is 1. The van der Waals surface area contributed by atoms with Crippen LogP contribution in [-0.2, 0) is 10.0 Å². The molecular formula is C20H17F2N3O4S. The minimum atomic E-state index is -3.58. The highest BCUT2D eigenvalue weighted by Gasteiger charge is 2.27. The molecule has 0 atom stereocenters. The summed E-state index contributed by atoms with van der Waals surface area (Å²) in [4.78, 5) is 27.6. The fourth-order valence-electron chi connectivity index (χ4n) is 3.42. The van der Waals surface area contributed by atoms with Gasteiger partial charge in [-0.1, -0.05) is 0 Å². The minimum Gasteiger partial charge on any atom is -0.360 e. The Labute approximate surface area is 170 Å². The summed E-state index contributed by atoms with van der Waals surface area (Å²) in [5.41, 5.74) is -1.04. The number of anilines is 1. The Morgan fingerprint density at radius 2 is 1.73 bits per heavy atom. The average Bonchev–Trinajstić information content (AvgIpc) is 3.23. The fourth-order valence-corrected chi connectivity index (χ4v) is 4.94. The van der Waals surface area contributed by atoms with Gasteiger partial charge in [-0.2, -0.15) is 4.31 Å². The number of halogens is 2. The summed E-state index contributed by atoms with van der Waals surface area (Å²) >= 11 is 0. The maximum absolute atomic E-state index is 14.0. The van der Waals surface area contributed by atoms with Gasteiger partial charge in [0, 0.05) is 31.0 Å². The number of H-pyrrole nitrogens is 1. The van der Waals surface area contributed by atoms with Crippen molar-refractivity contribution in [1.29, 1.82) is 0 Å². The number of aromatic nitrogens is 1. The molecule has 0 unspecified atom stereocenters. The quantitative estimate of drug-likeness (QED) is 0.661. The molecule has 30 heavy (non-hydrogen) atoms. The number of benzene rings is 2. The Morgan fingerprint density at radius 1 is 1.07 bits per heavy atom. The number of nitrogens with one attached hydrogen (secondary N) is 2. The monoisotopic (exact) mass is 433 g/mol. The van der Waals surface area contributed by atoms with Crippen molar-refractivity contribution in [3.05, 3.63) is 70.0 Å². The van der Waals surface area contributed by atoms with Gasteiger partial charge in [-0.05, 0) is 43.2 Å². The number of carbonyl (C=O) groups excluding carboxylic acids is 1. The molecule has 10 heteroatoms. The first-order valence-corrected chi connectivity index (χ1v) is 10.6. The third kappa shape index (κ3) is 3.59. The van der Waals surface area contributed by atoms with E-state index in [1.165, 1.54) is 28.6 Å². The van der Waals surface area contributed by atoms with Gasteiger partial charge in [-0.3, -0.25) is 9.59 Å². The maximum atomic E-state index is 14.0. The zero-order valence-electron chi connectivity index (χ0n) is 15.6. The lowest BCUT2D eigenvalue weighted by Crippen LogP contribution is -2.27. The van der Waals surface area contributed by atoms with Crippen LogP contribution < -0.4 is 10.7 Å². The van der Waals surface area contributed by atoms with Gasteiger partial charge >= 0.3 is 0 Å². The number of carbonyl (C=O) groups is 1. The second-order valence-corrected chi connectivity index (χ2v) is 8.87. The van der Waals surface area contributed by atoms with Crippen LogP contribution in [0.3, 0.4) is 0 Å². The van der Waals surface area contributed by atoms with Crippen LogP contribution in [0.15, 0.2) is 52.3 Å². The summed E-state index contributed by atoms with van der Waals surface area (Å²) in [6.45, 7) is 0.956. The van der Waals surface area contributed by atoms with Gasteiger partial charge < -0.3 is 10.3 Å². The van der Waals surface area contributed by atoms with Crippen LogP contribution in [-0.4, -0.2) is 36.7 Å². The first-order chi connectivity index (χ1) is 14.3. The topological polar surface area (TPSA) is 99.3 Å². The molecule has 1 aliphatic rings. The molecule has 2 aromatic carbocycles. The molecule has 1 aliphatic heterocycles. The van der Waals surface area contributed by atoms with Gasteiger partial charge in [-0.25, -0.2) is 17.2 Å². The van der Waals surface area contributed by atoms with Gasteiger partial charge in [-0.15, -0.1) is 0 Å². The van der Waals surface area contributed by atoms with E-state index >= 15 is 0 Å². The van der Waals surface area contributed by atoms with E-state index in [0.717, 1.165) is 25.1 Å². The highest BCUT2D eigenvalue weighted by Crippen LogP contribution is 2.22. The van der Waals surface area contributed by atoms with E-state index in [1.807, 2.05) is 0 Å². The van der Waals surface area contributed by atoms with Crippen LogP contribution in [0, 0.1) is 11.6 Å². The first kappa shape index (κ1) is 20.2. The molecule has 156 valence electrons. The second kappa shape index (κ2) is 7.62. The first-order valence-electron chi connectivity index (χ1n) is 9.19. The van der Waals surface area contributed by atoms with Crippen molar-refractivity contribution in [2.45, 2.75) is 17.7 Å². The second-order valence-electron chi connectivity index (χ2n) is 6.93. The average molecular weight is 433 g/mol. The van der Waals surface area contributed by atoms with Gasteiger partial charge in [0.15, 0.2) is 0 Å². The molecule has 1 amide bonds. The third-order valence-electron chi connectivity index (χ3n) is 4.96. The summed E-state index contributed by atoms with van der Waals surface area (Å²) in [5, 5.41) is 2.06. The number of rotatable bonds is 4. The van der Waals surface area contributed by atoms with Crippen LogP contribution in [0.5, 0.6) is 0 Å². The zero-order chi connectivity index (χ0) is 21.5. The molecular weight excluding hydrogens is 416 g/mol. The van der Waals surface area contributed by atoms with Crippen LogP contribution in [0.4, 0.5) is 14.5 Å². The number of fused-ring (bicyclic) bond motifs is 1. The molecule has 1 aromatic heterocycles. The van der Waals surface area contributed by atoms with Crippen molar-refractivity contribution >= 4 is 32.5 Å². The van der Waals surface area contributed by atoms with E-state index in [2.05, 4.69) is 10.3 Å².